The van der Waals surface area contributed by atoms with Crippen molar-refractivity contribution in [3.05, 3.63) is 60.2 Å². The Morgan fingerprint density at radius 2 is 1.72 bits per heavy atom. The summed E-state index contributed by atoms with van der Waals surface area (Å²) < 4.78 is 10.2. The zero-order chi connectivity index (χ0) is 18.1. The van der Waals surface area contributed by atoms with E-state index in [0.717, 1.165) is 12.2 Å². The van der Waals surface area contributed by atoms with Gasteiger partial charge < -0.3 is 19.7 Å². The van der Waals surface area contributed by atoms with E-state index in [1.807, 2.05) is 30.3 Å². The molecule has 0 saturated carbocycles. The zero-order valence-corrected chi connectivity index (χ0v) is 14.4. The Kier molecular flexibility index (Phi) is 6.83. The Labute approximate surface area is 147 Å². The molecule has 0 saturated heterocycles. The van der Waals surface area contributed by atoms with Crippen LogP contribution < -0.4 is 10.1 Å². The molecule has 0 heterocycles. The number of urea groups is 1. The number of hydrogen-bond donors (Lipinski definition) is 1. The Morgan fingerprint density at radius 1 is 1.04 bits per heavy atom. The number of carbonyl (C=O) groups excluding carboxylic acids is 2. The Bertz CT molecular complexity index is 686. The largest absolute Gasteiger partial charge is 0.494 e. The second-order valence-electron chi connectivity index (χ2n) is 5.44. The number of carbonyl (C=O) groups is 2. The molecule has 6 nitrogen and oxygen atoms in total. The van der Waals surface area contributed by atoms with Gasteiger partial charge >= 0.3 is 12.0 Å². The molecule has 2 aromatic rings. The lowest BCUT2D eigenvalue weighted by atomic mass is 10.2. The number of nitrogens with one attached hydrogen (secondary N) is 1. The summed E-state index contributed by atoms with van der Waals surface area (Å²) in [6.45, 7) is 1.11. The highest BCUT2D eigenvalue weighted by Gasteiger charge is 2.10. The molecular formula is C19H22N2O4. The van der Waals surface area contributed by atoms with Crippen LogP contribution in [0.3, 0.4) is 0 Å². The molecular weight excluding hydrogens is 320 g/mol. The first-order valence-corrected chi connectivity index (χ1v) is 7.98. The average Bonchev–Trinajstić information content (AvgIpc) is 2.65. The third kappa shape index (κ3) is 5.84. The minimum atomic E-state index is -0.409. The predicted molar refractivity (Wildman–Crippen MR) is 96.0 cm³/mol. The summed E-state index contributed by atoms with van der Waals surface area (Å²) in [5, 5.41) is 2.78. The summed E-state index contributed by atoms with van der Waals surface area (Å²) in [6.07, 6.45) is 0.722. The molecule has 6 heteroatoms. The summed E-state index contributed by atoms with van der Waals surface area (Å²) in [5.74, 6) is 0.411. The van der Waals surface area contributed by atoms with Crippen molar-refractivity contribution in [2.45, 2.75) is 6.42 Å². The van der Waals surface area contributed by atoms with E-state index in [4.69, 9.17) is 4.74 Å². The fourth-order valence-corrected chi connectivity index (χ4v) is 2.14. The average molecular weight is 342 g/mol. The molecule has 25 heavy (non-hydrogen) atoms. The van der Waals surface area contributed by atoms with Gasteiger partial charge in [0.05, 0.1) is 19.3 Å². The first kappa shape index (κ1) is 18.3. The third-order valence-corrected chi connectivity index (χ3v) is 3.55. The van der Waals surface area contributed by atoms with E-state index >= 15 is 0 Å². The van der Waals surface area contributed by atoms with Crippen molar-refractivity contribution in [2.24, 2.45) is 0 Å². The van der Waals surface area contributed by atoms with Gasteiger partial charge in [0.15, 0.2) is 0 Å². The van der Waals surface area contributed by atoms with Crippen molar-refractivity contribution in [3.63, 3.8) is 0 Å². The number of benzene rings is 2. The molecule has 0 radical (unpaired) electrons. The van der Waals surface area contributed by atoms with Crippen LogP contribution in [-0.2, 0) is 4.74 Å². The normalized spacial score (nSPS) is 10.0. The molecule has 0 fully saturated rings. The fraction of sp³-hybridized carbons (Fsp3) is 0.263. The van der Waals surface area contributed by atoms with Gasteiger partial charge in [0.2, 0.25) is 0 Å². The van der Waals surface area contributed by atoms with Gasteiger partial charge in [0.1, 0.15) is 5.75 Å². The lowest BCUT2D eigenvalue weighted by Crippen LogP contribution is -2.32. The number of rotatable bonds is 7. The highest BCUT2D eigenvalue weighted by Crippen LogP contribution is 2.11. The van der Waals surface area contributed by atoms with Crippen molar-refractivity contribution < 1.29 is 19.1 Å². The number of esters is 1. The Hall–Kier alpha value is -3.02. The maximum absolute atomic E-state index is 12.1. The summed E-state index contributed by atoms with van der Waals surface area (Å²) in [7, 11) is 3.05. The number of methoxy groups -OCH3 is 1. The molecule has 0 spiro atoms. The van der Waals surface area contributed by atoms with Crippen molar-refractivity contribution in [2.75, 3.05) is 32.6 Å². The van der Waals surface area contributed by atoms with Gasteiger partial charge in [-0.15, -0.1) is 0 Å². The first-order chi connectivity index (χ1) is 12.1. The van der Waals surface area contributed by atoms with Crippen molar-refractivity contribution in [1.82, 2.24) is 4.90 Å². The van der Waals surface area contributed by atoms with Crippen LogP contribution in [0.2, 0.25) is 0 Å². The zero-order valence-electron chi connectivity index (χ0n) is 14.4. The second-order valence-corrected chi connectivity index (χ2v) is 5.44. The Morgan fingerprint density at radius 3 is 2.36 bits per heavy atom. The van der Waals surface area contributed by atoms with E-state index in [2.05, 4.69) is 10.1 Å². The summed E-state index contributed by atoms with van der Waals surface area (Å²) in [6, 6.07) is 15.9. The van der Waals surface area contributed by atoms with E-state index in [0.29, 0.717) is 24.4 Å². The summed E-state index contributed by atoms with van der Waals surface area (Å²) >= 11 is 0. The number of hydrogen-bond acceptors (Lipinski definition) is 4. The van der Waals surface area contributed by atoms with Crippen LogP contribution in [0.4, 0.5) is 10.5 Å². The van der Waals surface area contributed by atoms with E-state index in [1.54, 1.807) is 36.2 Å². The molecule has 2 amide bonds. The van der Waals surface area contributed by atoms with Crippen LogP contribution in [0.15, 0.2) is 54.6 Å². The van der Waals surface area contributed by atoms with E-state index in [1.165, 1.54) is 7.11 Å². The molecule has 0 aliphatic rings. The lowest BCUT2D eigenvalue weighted by molar-refractivity contribution is 0.0600. The van der Waals surface area contributed by atoms with Gasteiger partial charge in [-0.3, -0.25) is 0 Å². The highest BCUT2D eigenvalue weighted by molar-refractivity contribution is 5.92. The number of anilines is 1. The predicted octanol–water partition coefficient (Wildman–Crippen LogP) is 3.41. The second kappa shape index (κ2) is 9.32. The fourth-order valence-electron chi connectivity index (χ4n) is 2.14. The van der Waals surface area contributed by atoms with Crippen LogP contribution >= 0.6 is 0 Å². The minimum Gasteiger partial charge on any atom is -0.494 e. The lowest BCUT2D eigenvalue weighted by Gasteiger charge is -2.18. The number of nitrogens with zero attached hydrogens (tertiary/aromatic N) is 1. The van der Waals surface area contributed by atoms with Crippen molar-refractivity contribution >= 4 is 17.7 Å². The van der Waals surface area contributed by atoms with Crippen LogP contribution in [0.5, 0.6) is 5.75 Å². The van der Waals surface area contributed by atoms with Gasteiger partial charge in [-0.25, -0.2) is 9.59 Å². The SMILES string of the molecule is COC(=O)c1ccc(NC(=O)N(C)CCCOc2ccccc2)cc1. The van der Waals surface area contributed by atoms with Crippen LogP contribution in [-0.4, -0.2) is 44.2 Å². The van der Waals surface area contributed by atoms with Crippen molar-refractivity contribution in [3.8, 4) is 5.75 Å². The van der Waals surface area contributed by atoms with Gasteiger partial charge in [0, 0.05) is 19.3 Å². The highest BCUT2D eigenvalue weighted by atomic mass is 16.5. The van der Waals surface area contributed by atoms with Crippen molar-refractivity contribution in [1.29, 1.82) is 0 Å². The number of amides is 2. The summed E-state index contributed by atoms with van der Waals surface area (Å²) in [5.41, 5.74) is 1.05. The molecule has 2 aromatic carbocycles. The topological polar surface area (TPSA) is 67.9 Å². The quantitative estimate of drug-likeness (QED) is 0.618. The first-order valence-electron chi connectivity index (χ1n) is 7.98. The van der Waals surface area contributed by atoms with E-state index < -0.39 is 5.97 Å². The molecule has 0 aliphatic heterocycles. The molecule has 132 valence electrons. The Balaban J connectivity index is 1.73. The minimum absolute atomic E-state index is 0.217. The molecule has 0 aromatic heterocycles. The van der Waals surface area contributed by atoms with Gasteiger partial charge in [-0.1, -0.05) is 18.2 Å². The molecule has 0 atom stereocenters. The number of para-hydroxylation sites is 1. The number of ether oxygens (including phenoxy) is 2. The molecule has 0 unspecified atom stereocenters. The molecule has 0 aliphatic carbocycles. The van der Waals surface area contributed by atoms with Crippen LogP contribution in [0.25, 0.3) is 0 Å². The standard InChI is InChI=1S/C19H22N2O4/c1-21(13-6-14-25-17-7-4-3-5-8-17)19(23)20-16-11-9-15(10-12-16)18(22)24-2/h3-5,7-12H,6,13-14H2,1-2H3,(H,20,23). The van der Waals surface area contributed by atoms with E-state index in [9.17, 15) is 9.59 Å². The maximum Gasteiger partial charge on any atom is 0.337 e. The maximum atomic E-state index is 12.1. The van der Waals surface area contributed by atoms with E-state index in [-0.39, 0.29) is 6.03 Å². The van der Waals surface area contributed by atoms with Crippen LogP contribution in [0, 0.1) is 0 Å². The van der Waals surface area contributed by atoms with Gasteiger partial charge in [0.25, 0.3) is 0 Å². The van der Waals surface area contributed by atoms with Crippen LogP contribution in [0.1, 0.15) is 16.8 Å². The molecule has 2 rings (SSSR count). The smallest absolute Gasteiger partial charge is 0.337 e. The summed E-state index contributed by atoms with van der Waals surface area (Å²) in [4.78, 5) is 25.1. The van der Waals surface area contributed by atoms with Gasteiger partial charge in [-0.05, 0) is 42.8 Å². The molecule has 1 N–H and O–H groups in total. The van der Waals surface area contributed by atoms with Gasteiger partial charge in [-0.2, -0.15) is 0 Å². The molecule has 0 bridgehead atoms. The third-order valence-electron chi connectivity index (χ3n) is 3.55. The monoisotopic (exact) mass is 342 g/mol.